The second-order valence-corrected chi connectivity index (χ2v) is 6.18. The van der Waals surface area contributed by atoms with Crippen LogP contribution in [0.5, 0.6) is 0 Å². The van der Waals surface area contributed by atoms with Crippen LogP contribution in [0.4, 0.5) is 0 Å². The summed E-state index contributed by atoms with van der Waals surface area (Å²) in [6.45, 7) is 2.83. The molecule has 0 saturated carbocycles. The Morgan fingerprint density at radius 2 is 2.22 bits per heavy atom. The van der Waals surface area contributed by atoms with Gasteiger partial charge in [0.2, 0.25) is 5.91 Å². The Balaban J connectivity index is 0.00000192. The molecule has 2 heterocycles. The summed E-state index contributed by atoms with van der Waals surface area (Å²) in [5.74, 6) is 2.17. The molecule has 3 rings (SSSR count). The minimum Gasteiger partial charge on any atom is -0.334 e. The number of carbonyl (C=O) groups excluding carboxylic acids is 1. The number of aromatic amines is 1. The number of benzene rings is 1. The molecule has 6 nitrogen and oxygen atoms in total. The van der Waals surface area contributed by atoms with E-state index in [-0.39, 0.29) is 29.9 Å². The van der Waals surface area contributed by atoms with Crippen molar-refractivity contribution in [3.63, 3.8) is 0 Å². The molecule has 23 heavy (non-hydrogen) atoms. The number of para-hydroxylation sites is 1. The van der Waals surface area contributed by atoms with Gasteiger partial charge in [0, 0.05) is 18.2 Å². The number of nitrogens with one attached hydrogen (secondary N) is 2. The summed E-state index contributed by atoms with van der Waals surface area (Å²) in [4.78, 5) is 33.5. The van der Waals surface area contributed by atoms with Crippen molar-refractivity contribution in [2.45, 2.75) is 19.5 Å². The van der Waals surface area contributed by atoms with Crippen LogP contribution < -0.4 is 10.9 Å². The number of amides is 1. The van der Waals surface area contributed by atoms with Gasteiger partial charge in [-0.25, -0.2) is 4.98 Å². The summed E-state index contributed by atoms with van der Waals surface area (Å²) in [6, 6.07) is 7.07. The molecule has 124 valence electrons. The zero-order chi connectivity index (χ0) is 15.5. The molecule has 0 aliphatic carbocycles. The lowest BCUT2D eigenvalue weighted by Gasteiger charge is -2.23. The van der Waals surface area contributed by atoms with E-state index < -0.39 is 0 Å². The standard InChI is InChI=1S/C15H18N4O2S.ClH/c1-2-19(15(21)12-8-22-9-16-12)7-13-17-11-6-4-3-5-10(11)14(20)18-13;/h3-6,12,16H,2,7-9H2,1H3,(H,17,18,20);1H. The van der Waals surface area contributed by atoms with Crippen LogP contribution in [-0.2, 0) is 11.3 Å². The zero-order valence-electron chi connectivity index (χ0n) is 12.7. The highest BCUT2D eigenvalue weighted by atomic mass is 35.5. The number of fused-ring (bicyclic) bond motifs is 1. The summed E-state index contributed by atoms with van der Waals surface area (Å²) >= 11 is 1.72. The van der Waals surface area contributed by atoms with E-state index in [2.05, 4.69) is 15.3 Å². The first-order valence-electron chi connectivity index (χ1n) is 7.27. The van der Waals surface area contributed by atoms with E-state index in [1.54, 1.807) is 28.8 Å². The van der Waals surface area contributed by atoms with E-state index in [1.807, 2.05) is 19.1 Å². The van der Waals surface area contributed by atoms with Crippen LogP contribution in [-0.4, -0.2) is 45.0 Å². The second kappa shape index (κ2) is 7.81. The number of hydrogen-bond acceptors (Lipinski definition) is 5. The summed E-state index contributed by atoms with van der Waals surface area (Å²) in [6.07, 6.45) is 0. The van der Waals surface area contributed by atoms with Crippen LogP contribution >= 0.6 is 24.2 Å². The van der Waals surface area contributed by atoms with Gasteiger partial charge in [-0.3, -0.25) is 14.9 Å². The predicted molar refractivity (Wildman–Crippen MR) is 95.0 cm³/mol. The molecule has 1 aliphatic rings. The number of rotatable bonds is 4. The summed E-state index contributed by atoms with van der Waals surface area (Å²) in [5, 5.41) is 3.74. The topological polar surface area (TPSA) is 78.1 Å². The Kier molecular flexibility index (Phi) is 6.04. The van der Waals surface area contributed by atoms with Crippen LogP contribution in [0.3, 0.4) is 0 Å². The first-order chi connectivity index (χ1) is 10.7. The van der Waals surface area contributed by atoms with E-state index in [9.17, 15) is 9.59 Å². The minimum atomic E-state index is -0.168. The quantitative estimate of drug-likeness (QED) is 0.866. The Labute approximate surface area is 144 Å². The molecule has 0 spiro atoms. The maximum Gasteiger partial charge on any atom is 0.258 e. The number of halogens is 1. The van der Waals surface area contributed by atoms with Gasteiger partial charge in [0.05, 0.1) is 23.5 Å². The molecule has 1 aromatic carbocycles. The van der Waals surface area contributed by atoms with Crippen molar-refractivity contribution in [2.24, 2.45) is 0 Å². The molecule has 1 aromatic heterocycles. The van der Waals surface area contributed by atoms with Crippen molar-refractivity contribution in [3.05, 3.63) is 40.4 Å². The average Bonchev–Trinajstić information content (AvgIpc) is 3.06. The summed E-state index contributed by atoms with van der Waals surface area (Å²) < 4.78 is 0. The SMILES string of the molecule is CCN(Cc1nc2ccccc2c(=O)[nH]1)C(=O)C1CSCN1.Cl. The van der Waals surface area contributed by atoms with Gasteiger partial charge < -0.3 is 9.88 Å². The molecule has 8 heteroatoms. The number of aromatic nitrogens is 2. The number of carbonyl (C=O) groups is 1. The minimum absolute atomic E-state index is 0. The number of likely N-dealkylation sites (N-methyl/N-ethyl adjacent to an activating group) is 1. The fraction of sp³-hybridized carbons (Fsp3) is 0.400. The average molecular weight is 355 g/mol. The normalized spacial score (nSPS) is 17.0. The first kappa shape index (κ1) is 17.8. The molecule has 0 bridgehead atoms. The lowest BCUT2D eigenvalue weighted by molar-refractivity contribution is -0.133. The molecule has 0 radical (unpaired) electrons. The highest BCUT2D eigenvalue weighted by Gasteiger charge is 2.27. The molecule has 1 saturated heterocycles. The van der Waals surface area contributed by atoms with Gasteiger partial charge in [0.25, 0.3) is 5.56 Å². The van der Waals surface area contributed by atoms with Gasteiger partial charge in [0.1, 0.15) is 5.82 Å². The Hall–Kier alpha value is -1.57. The predicted octanol–water partition coefficient (Wildman–Crippen LogP) is 1.36. The highest BCUT2D eigenvalue weighted by Crippen LogP contribution is 2.13. The van der Waals surface area contributed by atoms with Gasteiger partial charge in [0.15, 0.2) is 0 Å². The summed E-state index contributed by atoms with van der Waals surface area (Å²) in [5.41, 5.74) is 0.484. The Morgan fingerprint density at radius 3 is 2.91 bits per heavy atom. The number of thioether (sulfide) groups is 1. The fourth-order valence-corrected chi connectivity index (χ4v) is 3.44. The Morgan fingerprint density at radius 1 is 1.43 bits per heavy atom. The van der Waals surface area contributed by atoms with Crippen LogP contribution in [0.1, 0.15) is 12.7 Å². The van der Waals surface area contributed by atoms with Gasteiger partial charge in [-0.05, 0) is 19.1 Å². The van der Waals surface area contributed by atoms with Crippen molar-refractivity contribution in [2.75, 3.05) is 18.2 Å². The fourth-order valence-electron chi connectivity index (χ4n) is 2.51. The lowest BCUT2D eigenvalue weighted by atomic mass is 10.2. The molecule has 2 aromatic rings. The van der Waals surface area contributed by atoms with Crippen LogP contribution in [0.25, 0.3) is 10.9 Å². The maximum absolute atomic E-state index is 12.5. The lowest BCUT2D eigenvalue weighted by Crippen LogP contribution is -2.44. The number of nitrogens with zero attached hydrogens (tertiary/aromatic N) is 2. The van der Waals surface area contributed by atoms with E-state index >= 15 is 0 Å². The van der Waals surface area contributed by atoms with Crippen LogP contribution in [0.15, 0.2) is 29.1 Å². The van der Waals surface area contributed by atoms with E-state index in [4.69, 9.17) is 0 Å². The van der Waals surface area contributed by atoms with E-state index in [0.29, 0.717) is 29.8 Å². The number of hydrogen-bond donors (Lipinski definition) is 2. The molecule has 1 atom stereocenters. The number of H-pyrrole nitrogens is 1. The maximum atomic E-state index is 12.5. The molecule has 1 unspecified atom stereocenters. The van der Waals surface area contributed by atoms with Gasteiger partial charge >= 0.3 is 0 Å². The molecular formula is C15H19ClN4O2S. The third-order valence-electron chi connectivity index (χ3n) is 3.71. The van der Waals surface area contributed by atoms with Gasteiger partial charge in [-0.1, -0.05) is 12.1 Å². The molecule has 2 N–H and O–H groups in total. The zero-order valence-corrected chi connectivity index (χ0v) is 14.4. The molecule has 1 amide bonds. The molecule has 1 aliphatic heterocycles. The van der Waals surface area contributed by atoms with Crippen molar-refractivity contribution in [1.29, 1.82) is 0 Å². The van der Waals surface area contributed by atoms with Gasteiger partial charge in [-0.15, -0.1) is 24.2 Å². The van der Waals surface area contributed by atoms with Crippen LogP contribution in [0.2, 0.25) is 0 Å². The highest BCUT2D eigenvalue weighted by molar-refractivity contribution is 7.99. The van der Waals surface area contributed by atoms with Crippen molar-refractivity contribution < 1.29 is 4.79 Å². The van der Waals surface area contributed by atoms with Crippen molar-refractivity contribution in [1.82, 2.24) is 20.2 Å². The third-order valence-corrected chi connectivity index (χ3v) is 4.65. The third kappa shape index (κ3) is 3.85. The monoisotopic (exact) mass is 354 g/mol. The summed E-state index contributed by atoms with van der Waals surface area (Å²) in [7, 11) is 0. The van der Waals surface area contributed by atoms with Gasteiger partial charge in [-0.2, -0.15) is 0 Å². The smallest absolute Gasteiger partial charge is 0.258 e. The van der Waals surface area contributed by atoms with Crippen molar-refractivity contribution >= 4 is 41.0 Å². The first-order valence-corrected chi connectivity index (χ1v) is 8.42. The Bertz CT molecular complexity index is 746. The van der Waals surface area contributed by atoms with E-state index in [1.165, 1.54) is 0 Å². The van der Waals surface area contributed by atoms with Crippen molar-refractivity contribution in [3.8, 4) is 0 Å². The molecular weight excluding hydrogens is 336 g/mol. The van der Waals surface area contributed by atoms with E-state index in [0.717, 1.165) is 11.6 Å². The molecule has 1 fully saturated rings. The second-order valence-electron chi connectivity index (χ2n) is 5.15. The largest absolute Gasteiger partial charge is 0.334 e. The van der Waals surface area contributed by atoms with Crippen LogP contribution in [0, 0.1) is 0 Å².